The first-order valence-electron chi connectivity index (χ1n) is 9.22. The second kappa shape index (κ2) is 6.67. The number of carbonyl (C=O) groups excluding carboxylic acids is 1. The van der Waals surface area contributed by atoms with Crippen LogP contribution in [-0.4, -0.2) is 34.3 Å². The number of hydrogen-bond donors (Lipinski definition) is 0. The fourth-order valence-corrected chi connectivity index (χ4v) is 3.65. The highest BCUT2D eigenvalue weighted by Crippen LogP contribution is 2.34. The van der Waals surface area contributed by atoms with Crippen LogP contribution < -0.4 is 9.47 Å². The van der Waals surface area contributed by atoms with E-state index in [1.807, 2.05) is 54.3 Å². The molecule has 0 N–H and O–H groups in total. The molecule has 1 saturated heterocycles. The lowest BCUT2D eigenvalue weighted by molar-refractivity contribution is -0.128. The zero-order chi connectivity index (χ0) is 19.1. The zero-order valence-corrected chi connectivity index (χ0v) is 15.4. The Hall–Kier alpha value is -3.35. The Morgan fingerprint density at radius 1 is 1.14 bits per heavy atom. The van der Waals surface area contributed by atoms with Crippen LogP contribution in [0.4, 0.5) is 0 Å². The molecule has 142 valence electrons. The van der Waals surface area contributed by atoms with E-state index in [1.54, 1.807) is 0 Å². The van der Waals surface area contributed by atoms with Gasteiger partial charge in [-0.3, -0.25) is 4.79 Å². The number of ether oxygens (including phenoxy) is 2. The number of likely N-dealkylation sites (tertiary alicyclic amines) is 1. The lowest BCUT2D eigenvalue weighted by Gasteiger charge is -2.16. The minimum Gasteiger partial charge on any atom is -0.454 e. The van der Waals surface area contributed by atoms with E-state index in [0.717, 1.165) is 28.2 Å². The van der Waals surface area contributed by atoms with E-state index in [9.17, 15) is 4.79 Å². The van der Waals surface area contributed by atoms with Gasteiger partial charge in [0.1, 0.15) is 0 Å². The largest absolute Gasteiger partial charge is 0.454 e. The maximum atomic E-state index is 12.5. The molecule has 2 aliphatic heterocycles. The van der Waals surface area contributed by atoms with Crippen LogP contribution in [0, 0.1) is 6.92 Å². The van der Waals surface area contributed by atoms with E-state index < -0.39 is 0 Å². The van der Waals surface area contributed by atoms with Gasteiger partial charge in [-0.1, -0.05) is 28.9 Å². The van der Waals surface area contributed by atoms with E-state index in [1.165, 1.54) is 0 Å². The SMILES string of the molecule is Cc1cccc(-c2nc(C3CC(=O)N(Cc4ccc5c(c4)OCO5)C3)no2)c1. The molecule has 0 aliphatic carbocycles. The summed E-state index contributed by atoms with van der Waals surface area (Å²) in [5.41, 5.74) is 3.02. The van der Waals surface area contributed by atoms with Crippen LogP contribution in [0.5, 0.6) is 11.5 Å². The smallest absolute Gasteiger partial charge is 0.257 e. The third-order valence-corrected chi connectivity index (χ3v) is 5.10. The maximum Gasteiger partial charge on any atom is 0.257 e. The minimum atomic E-state index is -0.0659. The molecule has 3 heterocycles. The summed E-state index contributed by atoms with van der Waals surface area (Å²) in [6.45, 7) is 3.35. The van der Waals surface area contributed by atoms with Crippen LogP contribution in [0.25, 0.3) is 11.5 Å². The number of fused-ring (bicyclic) bond motifs is 1. The van der Waals surface area contributed by atoms with Crippen LogP contribution in [0.15, 0.2) is 47.0 Å². The molecule has 28 heavy (non-hydrogen) atoms. The second-order valence-electron chi connectivity index (χ2n) is 7.19. The summed E-state index contributed by atoms with van der Waals surface area (Å²) in [5, 5.41) is 4.13. The van der Waals surface area contributed by atoms with E-state index in [4.69, 9.17) is 14.0 Å². The molecule has 1 unspecified atom stereocenters. The standard InChI is InChI=1S/C21H19N3O4/c1-13-3-2-4-15(7-13)21-22-20(23-28-21)16-9-19(25)24(11-16)10-14-5-6-17-18(8-14)27-12-26-17/h2-8,16H,9-12H2,1H3. The van der Waals surface area contributed by atoms with Crippen molar-refractivity contribution in [3.63, 3.8) is 0 Å². The fraction of sp³-hybridized carbons (Fsp3) is 0.286. The maximum absolute atomic E-state index is 12.5. The van der Waals surface area contributed by atoms with Gasteiger partial charge in [-0.25, -0.2) is 0 Å². The first-order chi connectivity index (χ1) is 13.7. The molecule has 1 atom stereocenters. The molecule has 7 nitrogen and oxygen atoms in total. The third kappa shape index (κ3) is 3.09. The summed E-state index contributed by atoms with van der Waals surface area (Å²) in [4.78, 5) is 18.9. The highest BCUT2D eigenvalue weighted by Gasteiger charge is 2.34. The van der Waals surface area contributed by atoms with Gasteiger partial charge < -0.3 is 18.9 Å². The Bertz CT molecular complexity index is 1050. The number of carbonyl (C=O) groups is 1. The van der Waals surface area contributed by atoms with Crippen LogP contribution in [0.3, 0.4) is 0 Å². The molecule has 0 spiro atoms. The number of amides is 1. The minimum absolute atomic E-state index is 0.0659. The third-order valence-electron chi connectivity index (χ3n) is 5.10. The van der Waals surface area contributed by atoms with E-state index in [0.29, 0.717) is 31.2 Å². The highest BCUT2D eigenvalue weighted by atomic mass is 16.7. The first kappa shape index (κ1) is 16.8. The van der Waals surface area contributed by atoms with Gasteiger partial charge in [0.15, 0.2) is 17.3 Å². The van der Waals surface area contributed by atoms with Crippen LogP contribution in [-0.2, 0) is 11.3 Å². The van der Waals surface area contributed by atoms with Crippen LogP contribution in [0.1, 0.15) is 29.3 Å². The van der Waals surface area contributed by atoms with Gasteiger partial charge in [-0.2, -0.15) is 4.98 Å². The quantitative estimate of drug-likeness (QED) is 0.694. The van der Waals surface area contributed by atoms with Gasteiger partial charge in [-0.15, -0.1) is 0 Å². The molecule has 0 saturated carbocycles. The molecule has 2 aromatic carbocycles. The van der Waals surface area contributed by atoms with Gasteiger partial charge >= 0.3 is 0 Å². The molecule has 1 amide bonds. The second-order valence-corrected chi connectivity index (χ2v) is 7.19. The van der Waals surface area contributed by atoms with Crippen LogP contribution in [0.2, 0.25) is 0 Å². The number of rotatable bonds is 4. The summed E-state index contributed by atoms with van der Waals surface area (Å²) >= 11 is 0. The molecule has 1 fully saturated rings. The number of aromatic nitrogens is 2. The summed E-state index contributed by atoms with van der Waals surface area (Å²) in [6, 6.07) is 13.7. The van der Waals surface area contributed by atoms with Crippen molar-refractivity contribution in [1.82, 2.24) is 15.0 Å². The van der Waals surface area contributed by atoms with Crippen molar-refractivity contribution in [3.05, 3.63) is 59.4 Å². The molecular formula is C21H19N3O4. The molecule has 0 radical (unpaired) electrons. The monoisotopic (exact) mass is 377 g/mol. The van der Waals surface area contributed by atoms with Gasteiger partial charge in [0.05, 0.1) is 0 Å². The molecule has 0 bridgehead atoms. The molecule has 2 aliphatic rings. The van der Waals surface area contributed by atoms with Crippen molar-refractivity contribution in [2.24, 2.45) is 0 Å². The Balaban J connectivity index is 1.30. The fourth-order valence-electron chi connectivity index (χ4n) is 3.65. The Labute approximate surface area is 161 Å². The van der Waals surface area contributed by atoms with Gasteiger partial charge in [0.25, 0.3) is 5.89 Å². The average molecular weight is 377 g/mol. The topological polar surface area (TPSA) is 77.7 Å². The summed E-state index contributed by atoms with van der Waals surface area (Å²) < 4.78 is 16.2. The van der Waals surface area contributed by atoms with Gasteiger partial charge in [0, 0.05) is 31.0 Å². The number of benzene rings is 2. The summed E-state index contributed by atoms with van der Waals surface area (Å²) in [5.74, 6) is 2.55. The average Bonchev–Trinajstić information content (AvgIpc) is 3.42. The Morgan fingerprint density at radius 2 is 2.04 bits per heavy atom. The lowest BCUT2D eigenvalue weighted by atomic mass is 10.1. The van der Waals surface area contributed by atoms with E-state index in [-0.39, 0.29) is 18.6 Å². The number of aryl methyl sites for hydroxylation is 1. The van der Waals surface area contributed by atoms with Gasteiger partial charge in [0.2, 0.25) is 12.7 Å². The number of nitrogens with zero attached hydrogens (tertiary/aromatic N) is 3. The van der Waals surface area contributed by atoms with Gasteiger partial charge in [-0.05, 0) is 36.8 Å². The van der Waals surface area contributed by atoms with Crippen molar-refractivity contribution in [3.8, 4) is 23.0 Å². The van der Waals surface area contributed by atoms with Crippen molar-refractivity contribution in [2.75, 3.05) is 13.3 Å². The molecule has 7 heteroatoms. The molecule has 3 aromatic rings. The van der Waals surface area contributed by atoms with Crippen molar-refractivity contribution < 1.29 is 18.8 Å². The summed E-state index contributed by atoms with van der Waals surface area (Å²) in [6.07, 6.45) is 0.386. The predicted molar refractivity (Wildman–Crippen MR) is 99.8 cm³/mol. The van der Waals surface area contributed by atoms with E-state index >= 15 is 0 Å². The molecular weight excluding hydrogens is 358 g/mol. The molecule has 1 aromatic heterocycles. The Kier molecular flexibility index (Phi) is 4.00. The molecule has 5 rings (SSSR count). The summed E-state index contributed by atoms with van der Waals surface area (Å²) in [7, 11) is 0. The Morgan fingerprint density at radius 3 is 2.93 bits per heavy atom. The van der Waals surface area contributed by atoms with E-state index in [2.05, 4.69) is 10.1 Å². The van der Waals surface area contributed by atoms with Crippen molar-refractivity contribution >= 4 is 5.91 Å². The number of hydrogen-bond acceptors (Lipinski definition) is 6. The van der Waals surface area contributed by atoms with Crippen LogP contribution >= 0.6 is 0 Å². The zero-order valence-electron chi connectivity index (χ0n) is 15.4. The lowest BCUT2D eigenvalue weighted by Crippen LogP contribution is -2.24. The normalized spacial score (nSPS) is 18.1. The highest BCUT2D eigenvalue weighted by molar-refractivity contribution is 5.79. The van der Waals surface area contributed by atoms with Crippen molar-refractivity contribution in [2.45, 2.75) is 25.8 Å². The first-order valence-corrected chi connectivity index (χ1v) is 9.22. The predicted octanol–water partition coefficient (Wildman–Crippen LogP) is 3.29. The van der Waals surface area contributed by atoms with Crippen molar-refractivity contribution in [1.29, 1.82) is 0 Å².